The van der Waals surface area contributed by atoms with E-state index in [1.54, 1.807) is 0 Å². The zero-order valence-corrected chi connectivity index (χ0v) is 14.0. The Hall–Kier alpha value is -1.52. The molecule has 0 aliphatic heterocycles. The number of carbonyl (C=O) groups is 1. The van der Waals surface area contributed by atoms with Crippen molar-refractivity contribution in [3.05, 3.63) is 11.9 Å². The van der Waals surface area contributed by atoms with E-state index in [0.29, 0.717) is 12.0 Å². The minimum Gasteiger partial charge on any atom is -0.481 e. The number of nitrogens with one attached hydrogen (secondary N) is 1. The van der Waals surface area contributed by atoms with Crippen LogP contribution in [0.2, 0.25) is 0 Å². The van der Waals surface area contributed by atoms with Crippen molar-refractivity contribution in [1.82, 2.24) is 9.78 Å². The third-order valence-electron chi connectivity index (χ3n) is 4.59. The Labute approximate surface area is 133 Å². The quantitative estimate of drug-likeness (QED) is 0.802. The maximum atomic E-state index is 11.0. The van der Waals surface area contributed by atoms with Crippen LogP contribution in [-0.4, -0.2) is 26.9 Å². The van der Waals surface area contributed by atoms with E-state index in [2.05, 4.69) is 35.9 Å². The van der Waals surface area contributed by atoms with E-state index in [9.17, 15) is 4.79 Å². The molecule has 1 heterocycles. The first-order valence-electron chi connectivity index (χ1n) is 8.58. The van der Waals surface area contributed by atoms with Crippen LogP contribution in [-0.2, 0) is 11.3 Å². The molecule has 124 valence electrons. The molecule has 22 heavy (non-hydrogen) atoms. The van der Waals surface area contributed by atoms with Crippen LogP contribution < -0.4 is 5.32 Å². The molecule has 0 atom stereocenters. The monoisotopic (exact) mass is 307 g/mol. The average Bonchev–Trinajstić information content (AvgIpc) is 2.88. The van der Waals surface area contributed by atoms with Crippen molar-refractivity contribution in [3.8, 4) is 0 Å². The fourth-order valence-corrected chi connectivity index (χ4v) is 3.31. The van der Waals surface area contributed by atoms with Gasteiger partial charge in [-0.05, 0) is 38.0 Å². The molecule has 0 spiro atoms. The molecule has 2 N–H and O–H groups in total. The van der Waals surface area contributed by atoms with E-state index in [0.717, 1.165) is 44.3 Å². The van der Waals surface area contributed by atoms with Crippen LogP contribution in [0.25, 0.3) is 0 Å². The molecule has 0 saturated heterocycles. The summed E-state index contributed by atoms with van der Waals surface area (Å²) in [7, 11) is 0. The first kappa shape index (κ1) is 16.8. The Kier molecular flexibility index (Phi) is 5.86. The van der Waals surface area contributed by atoms with Gasteiger partial charge in [-0.25, -0.2) is 0 Å². The molecule has 0 bridgehead atoms. The van der Waals surface area contributed by atoms with E-state index < -0.39 is 5.97 Å². The largest absolute Gasteiger partial charge is 0.481 e. The molecular formula is C17H29N3O2. The Morgan fingerprint density at radius 2 is 2.09 bits per heavy atom. The zero-order valence-electron chi connectivity index (χ0n) is 14.0. The normalized spacial score (nSPS) is 22.0. The number of carboxylic acid groups (broad SMARTS) is 1. The molecule has 5 heteroatoms. The maximum absolute atomic E-state index is 11.0. The molecule has 1 fully saturated rings. The van der Waals surface area contributed by atoms with Gasteiger partial charge in [0.05, 0.1) is 23.5 Å². The van der Waals surface area contributed by atoms with Crippen LogP contribution >= 0.6 is 0 Å². The zero-order chi connectivity index (χ0) is 16.1. The highest BCUT2D eigenvalue weighted by atomic mass is 16.4. The SMILES string of the molecule is CCCCn1ncc(NC2CCC(C(=O)O)CC2)c1C(C)C. The van der Waals surface area contributed by atoms with Crippen molar-refractivity contribution in [2.24, 2.45) is 5.92 Å². The van der Waals surface area contributed by atoms with E-state index in [1.165, 1.54) is 12.1 Å². The molecule has 2 rings (SSSR count). The number of rotatable bonds is 7. The van der Waals surface area contributed by atoms with E-state index in [4.69, 9.17) is 5.11 Å². The van der Waals surface area contributed by atoms with Crippen LogP contribution in [0.3, 0.4) is 0 Å². The van der Waals surface area contributed by atoms with Gasteiger partial charge in [-0.1, -0.05) is 27.2 Å². The number of aryl methyl sites for hydroxylation is 1. The predicted molar refractivity (Wildman–Crippen MR) is 88.2 cm³/mol. The Morgan fingerprint density at radius 1 is 1.41 bits per heavy atom. The summed E-state index contributed by atoms with van der Waals surface area (Å²) in [4.78, 5) is 11.0. The Balaban J connectivity index is 2.01. The van der Waals surface area contributed by atoms with Crippen molar-refractivity contribution < 1.29 is 9.90 Å². The van der Waals surface area contributed by atoms with Gasteiger partial charge >= 0.3 is 5.97 Å². The molecular weight excluding hydrogens is 278 g/mol. The maximum Gasteiger partial charge on any atom is 0.306 e. The summed E-state index contributed by atoms with van der Waals surface area (Å²) in [5.41, 5.74) is 2.40. The number of hydrogen-bond donors (Lipinski definition) is 2. The summed E-state index contributed by atoms with van der Waals surface area (Å²) in [5.74, 6) is -0.374. The van der Waals surface area contributed by atoms with Crippen LogP contribution in [0.1, 0.15) is 70.9 Å². The lowest BCUT2D eigenvalue weighted by Crippen LogP contribution is -2.29. The number of aromatic nitrogens is 2. The Morgan fingerprint density at radius 3 is 2.64 bits per heavy atom. The van der Waals surface area contributed by atoms with Crippen molar-refractivity contribution in [2.45, 2.75) is 77.8 Å². The smallest absolute Gasteiger partial charge is 0.306 e. The van der Waals surface area contributed by atoms with Crippen LogP contribution in [0.4, 0.5) is 5.69 Å². The summed E-state index contributed by atoms with van der Waals surface area (Å²) in [6, 6.07) is 0.372. The fourth-order valence-electron chi connectivity index (χ4n) is 3.31. The van der Waals surface area contributed by atoms with Crippen molar-refractivity contribution in [1.29, 1.82) is 0 Å². The minimum atomic E-state index is -0.645. The van der Waals surface area contributed by atoms with Gasteiger partial charge in [0.25, 0.3) is 0 Å². The number of hydrogen-bond acceptors (Lipinski definition) is 3. The van der Waals surface area contributed by atoms with Gasteiger partial charge in [0.2, 0.25) is 0 Å². The minimum absolute atomic E-state index is 0.158. The van der Waals surface area contributed by atoms with Gasteiger partial charge in [-0.3, -0.25) is 9.48 Å². The first-order valence-corrected chi connectivity index (χ1v) is 8.58. The molecule has 0 radical (unpaired) electrons. The lowest BCUT2D eigenvalue weighted by atomic mass is 9.86. The molecule has 0 amide bonds. The highest BCUT2D eigenvalue weighted by Gasteiger charge is 2.26. The van der Waals surface area contributed by atoms with Gasteiger partial charge in [-0.15, -0.1) is 0 Å². The summed E-state index contributed by atoms with van der Waals surface area (Å²) >= 11 is 0. The lowest BCUT2D eigenvalue weighted by molar-refractivity contribution is -0.142. The molecule has 1 aromatic heterocycles. The van der Waals surface area contributed by atoms with E-state index >= 15 is 0 Å². The van der Waals surface area contributed by atoms with Gasteiger partial charge < -0.3 is 10.4 Å². The van der Waals surface area contributed by atoms with Gasteiger partial charge in [0.15, 0.2) is 0 Å². The lowest BCUT2D eigenvalue weighted by Gasteiger charge is -2.28. The number of aliphatic carboxylic acids is 1. The van der Waals surface area contributed by atoms with Crippen LogP contribution in [0.5, 0.6) is 0 Å². The standard InChI is InChI=1S/C17H29N3O2/c1-4-5-10-20-16(12(2)3)15(11-18-20)19-14-8-6-13(7-9-14)17(21)22/h11-14,19H,4-10H2,1-3H3,(H,21,22). The number of unbranched alkanes of at least 4 members (excludes halogenated alkanes) is 1. The van der Waals surface area contributed by atoms with Crippen molar-refractivity contribution in [3.63, 3.8) is 0 Å². The number of carboxylic acids is 1. The van der Waals surface area contributed by atoms with Gasteiger partial charge in [-0.2, -0.15) is 5.10 Å². The molecule has 1 aromatic rings. The third kappa shape index (κ3) is 4.02. The van der Waals surface area contributed by atoms with Crippen LogP contribution in [0, 0.1) is 5.92 Å². The Bertz CT molecular complexity index is 488. The summed E-state index contributed by atoms with van der Waals surface area (Å²) in [5, 5.41) is 17.2. The molecule has 1 aliphatic rings. The van der Waals surface area contributed by atoms with Crippen LogP contribution in [0.15, 0.2) is 6.20 Å². The van der Waals surface area contributed by atoms with Gasteiger partial charge in [0, 0.05) is 12.6 Å². The fraction of sp³-hybridized carbons (Fsp3) is 0.765. The first-order chi connectivity index (χ1) is 10.5. The van der Waals surface area contributed by atoms with Crippen molar-refractivity contribution in [2.75, 3.05) is 5.32 Å². The second-order valence-electron chi connectivity index (χ2n) is 6.71. The highest BCUT2D eigenvalue weighted by Crippen LogP contribution is 2.30. The molecule has 0 aromatic carbocycles. The number of nitrogens with zero attached hydrogens (tertiary/aromatic N) is 2. The average molecular weight is 307 g/mol. The third-order valence-corrected chi connectivity index (χ3v) is 4.59. The molecule has 1 saturated carbocycles. The second-order valence-corrected chi connectivity index (χ2v) is 6.71. The van der Waals surface area contributed by atoms with Crippen molar-refractivity contribution >= 4 is 11.7 Å². The summed E-state index contributed by atoms with van der Waals surface area (Å²) in [6.45, 7) is 7.56. The predicted octanol–water partition coefficient (Wildman–Crippen LogP) is 3.86. The highest BCUT2D eigenvalue weighted by molar-refractivity contribution is 5.70. The summed E-state index contributed by atoms with van der Waals surface area (Å²) in [6.07, 6.45) is 7.64. The van der Waals surface area contributed by atoms with E-state index in [-0.39, 0.29) is 5.92 Å². The summed E-state index contributed by atoms with van der Waals surface area (Å²) < 4.78 is 2.12. The van der Waals surface area contributed by atoms with Gasteiger partial charge in [0.1, 0.15) is 0 Å². The molecule has 0 unspecified atom stereocenters. The molecule has 1 aliphatic carbocycles. The topological polar surface area (TPSA) is 67.2 Å². The van der Waals surface area contributed by atoms with E-state index in [1.807, 2.05) is 6.20 Å². The number of anilines is 1. The second kappa shape index (κ2) is 7.65. The molecule has 5 nitrogen and oxygen atoms in total.